The number of nitrogens with two attached hydrogens (primary N) is 3. The molecule has 9 N–H and O–H groups in total. The van der Waals surface area contributed by atoms with Crippen molar-refractivity contribution in [2.75, 3.05) is 20.6 Å². The van der Waals surface area contributed by atoms with Crippen molar-refractivity contribution in [1.82, 2.24) is 0 Å². The van der Waals surface area contributed by atoms with Gasteiger partial charge in [-0.15, -0.1) is 0 Å². The van der Waals surface area contributed by atoms with Crippen LogP contribution in [0.5, 0.6) is 0 Å². The van der Waals surface area contributed by atoms with Gasteiger partial charge in [-0.05, 0) is 11.4 Å². The van der Waals surface area contributed by atoms with Crippen LogP contribution in [0.1, 0.15) is 12.8 Å². The molecule has 0 fully saturated rings. The second-order valence-electron chi connectivity index (χ2n) is 3.45. The van der Waals surface area contributed by atoms with E-state index >= 15 is 0 Å². The molecule has 0 rings (SSSR count). The summed E-state index contributed by atoms with van der Waals surface area (Å²) in [6.45, 7) is 0.160. The summed E-state index contributed by atoms with van der Waals surface area (Å²) in [5, 5.41) is 9.74. The van der Waals surface area contributed by atoms with Gasteiger partial charge in [0, 0.05) is 12.4 Å². The molecule has 0 saturated heterocycles. The Morgan fingerprint density at radius 1 is 1.21 bits per heavy atom. The third kappa shape index (κ3) is 18.5. The number of carboxylic acid groups (broad SMARTS) is 1. The topological polar surface area (TPSA) is 178 Å². The van der Waals surface area contributed by atoms with E-state index in [1.165, 1.54) is 0 Å². The maximum atomic E-state index is 10.4. The van der Waals surface area contributed by atoms with E-state index in [1.807, 2.05) is 0 Å². The molecule has 0 atom stereocenters. The van der Waals surface area contributed by atoms with E-state index in [4.69, 9.17) is 17.2 Å². The van der Waals surface area contributed by atoms with Crippen LogP contribution in [0.3, 0.4) is 0 Å². The number of aliphatic carboxylic acids is 1. The predicted molar refractivity (Wildman–Crippen MR) is 69.9 cm³/mol. The lowest BCUT2D eigenvalue weighted by Crippen LogP contribution is -2.54. The van der Waals surface area contributed by atoms with Gasteiger partial charge in [-0.3, -0.25) is 15.1 Å². The molecule has 0 aliphatic carbocycles. The molecule has 0 unspecified atom stereocenters. The van der Waals surface area contributed by atoms with Gasteiger partial charge in [-0.1, -0.05) is 0 Å². The molecular formula is C9H21BN6O3. The first-order valence-electron chi connectivity index (χ1n) is 5.10. The Morgan fingerprint density at radius 2 is 1.68 bits per heavy atom. The molecule has 0 aromatic carbocycles. The Balaban J connectivity index is -0.000000256. The van der Waals surface area contributed by atoms with Crippen molar-refractivity contribution in [3.05, 3.63) is 0 Å². The molecule has 0 spiro atoms. The lowest BCUT2D eigenvalue weighted by atomic mass is 10.2. The van der Waals surface area contributed by atoms with Gasteiger partial charge in [0.2, 0.25) is 0 Å². The van der Waals surface area contributed by atoms with E-state index in [0.717, 1.165) is 0 Å². The van der Waals surface area contributed by atoms with Gasteiger partial charge in [-0.2, -0.15) is 0 Å². The SMILES string of the molecule is C[N+](C)=C(N)N=C(N)N.[B-].[NH3+]CC(=O)CCC(=O)[O-]. The van der Waals surface area contributed by atoms with Crippen LogP contribution in [-0.4, -0.2) is 57.3 Å². The number of quaternary nitrogens is 1. The van der Waals surface area contributed by atoms with Gasteiger partial charge >= 0.3 is 5.96 Å². The third-order valence-corrected chi connectivity index (χ3v) is 1.59. The Labute approximate surface area is 113 Å². The Bertz CT molecular complexity index is 348. The van der Waals surface area contributed by atoms with Gasteiger partial charge in [0.05, 0.1) is 14.1 Å². The minimum absolute atomic E-state index is 0. The fourth-order valence-corrected chi connectivity index (χ4v) is 0.599. The Hall–Kier alpha value is -2.10. The molecule has 10 heteroatoms. The summed E-state index contributed by atoms with van der Waals surface area (Å²) in [6.07, 6.45) is -0.139. The quantitative estimate of drug-likeness (QED) is 0.172. The number of carbonyl (C=O) groups is 2. The van der Waals surface area contributed by atoms with Crippen LogP contribution in [0.25, 0.3) is 0 Å². The average Bonchev–Trinajstić information content (AvgIpc) is 2.25. The number of Topliss-reactive ketones (excluding diaryl/α,β-unsaturated/α-hetero) is 1. The Kier molecular flexibility index (Phi) is 14.4. The number of guanidine groups is 2. The van der Waals surface area contributed by atoms with Crippen molar-refractivity contribution in [2.45, 2.75) is 12.8 Å². The third-order valence-electron chi connectivity index (χ3n) is 1.59. The number of rotatable bonds is 4. The largest absolute Gasteiger partial charge is 1.00 e. The van der Waals surface area contributed by atoms with Crippen molar-refractivity contribution in [3.63, 3.8) is 0 Å². The number of aliphatic imine (C=N–C) groups is 1. The van der Waals surface area contributed by atoms with E-state index in [2.05, 4.69) is 10.7 Å². The smallest absolute Gasteiger partial charge is 0.387 e. The molecule has 0 aromatic rings. The average molecular weight is 272 g/mol. The maximum absolute atomic E-state index is 10.4. The van der Waals surface area contributed by atoms with Crippen LogP contribution in [0.4, 0.5) is 0 Å². The fraction of sp³-hybridized carbons (Fsp3) is 0.556. The summed E-state index contributed by atoms with van der Waals surface area (Å²) < 4.78 is 1.61. The molecule has 9 nitrogen and oxygen atoms in total. The van der Waals surface area contributed by atoms with Crippen molar-refractivity contribution in [1.29, 1.82) is 0 Å². The van der Waals surface area contributed by atoms with E-state index < -0.39 is 5.97 Å². The molecule has 0 aromatic heterocycles. The molecule has 108 valence electrons. The lowest BCUT2D eigenvalue weighted by molar-refractivity contribution is -0.466. The van der Waals surface area contributed by atoms with Gasteiger partial charge in [0.1, 0.15) is 6.54 Å². The second-order valence-corrected chi connectivity index (χ2v) is 3.45. The monoisotopic (exact) mass is 272 g/mol. The van der Waals surface area contributed by atoms with Gasteiger partial charge in [0.15, 0.2) is 5.78 Å². The van der Waals surface area contributed by atoms with Crippen LogP contribution in [-0.2, 0) is 9.59 Å². The first-order valence-corrected chi connectivity index (χ1v) is 5.10. The maximum Gasteiger partial charge on any atom is 0.387 e. The summed E-state index contributed by atoms with van der Waals surface area (Å²) in [5.41, 5.74) is 18.7. The van der Waals surface area contributed by atoms with Gasteiger partial charge < -0.3 is 35.5 Å². The van der Waals surface area contributed by atoms with Crippen molar-refractivity contribution in [3.8, 4) is 0 Å². The van der Waals surface area contributed by atoms with Crippen molar-refractivity contribution >= 4 is 32.1 Å². The van der Waals surface area contributed by atoms with Crippen LogP contribution < -0.4 is 28.0 Å². The molecule has 0 bridgehead atoms. The highest BCUT2D eigenvalue weighted by atomic mass is 16.4. The van der Waals surface area contributed by atoms with E-state index in [0.29, 0.717) is 5.96 Å². The highest BCUT2D eigenvalue weighted by Gasteiger charge is 1.99. The molecule has 0 saturated carbocycles. The van der Waals surface area contributed by atoms with E-state index in [1.54, 1.807) is 18.7 Å². The highest BCUT2D eigenvalue weighted by molar-refractivity contribution is 5.89. The molecule has 19 heavy (non-hydrogen) atoms. The minimum atomic E-state index is -1.18. The summed E-state index contributed by atoms with van der Waals surface area (Å²) in [4.78, 5) is 23.7. The number of nitrogens with zero attached hydrogens (tertiary/aromatic N) is 2. The molecule has 4 radical (unpaired) electrons. The highest BCUT2D eigenvalue weighted by Crippen LogP contribution is 1.85. The second kappa shape index (κ2) is 12.4. The minimum Gasteiger partial charge on any atom is -1.00 e. The summed E-state index contributed by atoms with van der Waals surface area (Å²) in [6, 6.07) is 0. The normalized spacial score (nSPS) is 8.16. The fourth-order valence-electron chi connectivity index (χ4n) is 0.599. The first-order chi connectivity index (χ1) is 8.20. The number of hydrogen-bond acceptors (Lipinski definition) is 3. The molecule has 0 aliphatic heterocycles. The van der Waals surface area contributed by atoms with Crippen LogP contribution >= 0.6 is 0 Å². The van der Waals surface area contributed by atoms with Gasteiger partial charge in [0.25, 0.3) is 5.96 Å². The summed E-state index contributed by atoms with van der Waals surface area (Å²) >= 11 is 0. The zero-order valence-corrected chi connectivity index (χ0v) is 11.3. The Morgan fingerprint density at radius 3 is 1.89 bits per heavy atom. The standard InChI is InChI=1S/C5H9NO3.C4H11N5.B/c6-3-4(7)1-2-5(8)9;1-9(2)4(7)8-3(5)6;/h1-3,6H2,(H,8,9);1-2H3,(H5,5,6,7,8);/q;;-1/p+1. The summed E-state index contributed by atoms with van der Waals surface area (Å²) in [5.74, 6) is -1.05. The van der Waals surface area contributed by atoms with Crippen LogP contribution in [0, 0.1) is 0 Å². The molecule has 0 amide bonds. The summed E-state index contributed by atoms with van der Waals surface area (Å²) in [7, 11) is 3.50. The van der Waals surface area contributed by atoms with Crippen LogP contribution in [0.2, 0.25) is 0 Å². The predicted octanol–water partition coefficient (Wildman–Crippen LogP) is -5.21. The first kappa shape index (κ1) is 22.1. The molecular weight excluding hydrogens is 251 g/mol. The van der Waals surface area contributed by atoms with E-state index in [-0.39, 0.29) is 39.5 Å². The zero-order valence-electron chi connectivity index (χ0n) is 11.3. The van der Waals surface area contributed by atoms with Crippen molar-refractivity contribution < 1.29 is 25.0 Å². The van der Waals surface area contributed by atoms with Crippen molar-refractivity contribution in [2.24, 2.45) is 22.2 Å². The number of carboxylic acids is 1. The van der Waals surface area contributed by atoms with Gasteiger partial charge in [-0.25, -0.2) is 0 Å². The zero-order chi connectivity index (χ0) is 14.7. The lowest BCUT2D eigenvalue weighted by Gasteiger charge is -1.96. The number of ketones is 1. The molecule has 0 heterocycles. The van der Waals surface area contributed by atoms with E-state index in [9.17, 15) is 14.7 Å². The number of hydrogen-bond donors (Lipinski definition) is 4. The van der Waals surface area contributed by atoms with Crippen LogP contribution in [0.15, 0.2) is 4.99 Å². The molecule has 0 aliphatic rings. The number of carbonyl (C=O) groups excluding carboxylic acids is 2.